The molecule has 4 aromatic rings. The third-order valence-corrected chi connectivity index (χ3v) is 13.4. The van der Waals surface area contributed by atoms with E-state index >= 15 is 0 Å². The van der Waals surface area contributed by atoms with Crippen LogP contribution in [0.15, 0.2) is 42.5 Å². The molecule has 13 nitrogen and oxygen atoms in total. The first-order chi connectivity index (χ1) is 25.8. The number of nitrogens with one attached hydrogen (secondary N) is 1. The van der Waals surface area contributed by atoms with Gasteiger partial charge in [-0.05, 0) is 82.9 Å². The van der Waals surface area contributed by atoms with Crippen LogP contribution in [-0.4, -0.2) is 81.4 Å². The number of carbonyl (C=O) groups excluding carboxylic acids is 1. The number of rotatable bonds is 10. The van der Waals surface area contributed by atoms with Crippen LogP contribution < -0.4 is 9.03 Å². The van der Waals surface area contributed by atoms with Gasteiger partial charge in [0, 0.05) is 23.4 Å². The van der Waals surface area contributed by atoms with Gasteiger partial charge >= 0.3 is 12.3 Å². The number of halogens is 6. The number of sulfone groups is 1. The molecule has 0 aliphatic heterocycles. The summed E-state index contributed by atoms with van der Waals surface area (Å²) in [5.74, 6) is 2.30. The minimum absolute atomic E-state index is 0.0291. The Balaban J connectivity index is 2.20. The molecule has 57 heavy (non-hydrogen) atoms. The van der Waals surface area contributed by atoms with Gasteiger partial charge in [0.2, 0.25) is 20.0 Å². The van der Waals surface area contributed by atoms with Crippen molar-refractivity contribution in [2.24, 2.45) is 0 Å². The smallest absolute Gasteiger partial charge is 0.408 e. The molecule has 0 radical (unpaired) electrons. The second-order valence-corrected chi connectivity index (χ2v) is 21.3. The first kappa shape index (κ1) is 45.2. The Morgan fingerprint density at radius 1 is 0.912 bits per heavy atom. The molecular weight excluding hydrogens is 845 g/mol. The minimum atomic E-state index is -5.02. The van der Waals surface area contributed by atoms with Gasteiger partial charge in [-0.2, -0.15) is 18.3 Å². The summed E-state index contributed by atoms with van der Waals surface area (Å²) in [7, 11) is -13.3. The number of nitrogens with zero attached hydrogens (tertiary/aromatic N) is 4. The van der Waals surface area contributed by atoms with Gasteiger partial charge in [0.05, 0.1) is 40.2 Å². The molecule has 0 aliphatic carbocycles. The standard InChI is InChI=1S/C35H37ClF5N5O8S3/c1-33(2,3)54-32(47)43-27(17-20-15-21(37)18-22(38)16-20)29-24(10-9-23(42-29)13-14-34(4,5)55(6,48)49)25-11-12-26(36)28-30(25)45(19-35(39,40)41)44-31(28)46(56(7,50)51)57(8,52)53/h9-12,15-16,18,27H,17,19H2,1-8H3,(H,43,47)/t27-/m0/s1. The zero-order valence-corrected chi connectivity index (χ0v) is 34.8. The normalized spacial score (nSPS) is 13.5. The Morgan fingerprint density at radius 2 is 1.47 bits per heavy atom. The molecule has 0 unspecified atom stereocenters. The molecule has 0 spiro atoms. The molecule has 2 heterocycles. The van der Waals surface area contributed by atoms with Gasteiger partial charge in [-0.3, -0.25) is 4.68 Å². The van der Waals surface area contributed by atoms with Crippen LogP contribution in [0.3, 0.4) is 0 Å². The van der Waals surface area contributed by atoms with Crippen molar-refractivity contribution in [1.29, 1.82) is 0 Å². The molecule has 1 N–H and O–H groups in total. The summed E-state index contributed by atoms with van der Waals surface area (Å²) in [6.45, 7) is 5.42. The van der Waals surface area contributed by atoms with E-state index in [1.54, 1.807) is 20.8 Å². The van der Waals surface area contributed by atoms with E-state index < -0.39 is 105 Å². The lowest BCUT2D eigenvalue weighted by molar-refractivity contribution is -0.141. The molecule has 2 aromatic heterocycles. The van der Waals surface area contributed by atoms with Crippen molar-refractivity contribution in [2.75, 3.05) is 22.5 Å². The van der Waals surface area contributed by atoms with E-state index in [4.69, 9.17) is 16.3 Å². The topological polar surface area (TPSA) is 175 Å². The molecule has 22 heteroatoms. The molecule has 0 saturated heterocycles. The lowest BCUT2D eigenvalue weighted by Crippen LogP contribution is -2.36. The number of ether oxygens (including phenoxy) is 1. The lowest BCUT2D eigenvalue weighted by atomic mass is 9.93. The highest BCUT2D eigenvalue weighted by molar-refractivity contribution is 8.09. The zero-order valence-electron chi connectivity index (χ0n) is 31.6. The van der Waals surface area contributed by atoms with Crippen LogP contribution in [-0.2, 0) is 47.6 Å². The molecule has 0 bridgehead atoms. The fraction of sp³-hybridized carbons (Fsp3) is 0.400. The largest absolute Gasteiger partial charge is 0.444 e. The zero-order chi connectivity index (χ0) is 43.3. The Labute approximate surface area is 331 Å². The summed E-state index contributed by atoms with van der Waals surface area (Å²) < 4.78 is 152. The number of benzene rings is 2. The predicted molar refractivity (Wildman–Crippen MR) is 204 cm³/mol. The summed E-state index contributed by atoms with van der Waals surface area (Å²) in [6.07, 6.45) is -4.56. The van der Waals surface area contributed by atoms with Gasteiger partial charge in [0.25, 0.3) is 0 Å². The van der Waals surface area contributed by atoms with Crippen LogP contribution in [0, 0.1) is 23.5 Å². The van der Waals surface area contributed by atoms with Crippen molar-refractivity contribution < 1.29 is 56.7 Å². The van der Waals surface area contributed by atoms with E-state index in [2.05, 4.69) is 27.2 Å². The summed E-state index contributed by atoms with van der Waals surface area (Å²) in [5.41, 5.74) is -2.29. The second-order valence-electron chi connectivity index (χ2n) is 14.5. The highest BCUT2D eigenvalue weighted by Crippen LogP contribution is 2.43. The minimum Gasteiger partial charge on any atom is -0.444 e. The quantitative estimate of drug-likeness (QED) is 0.141. The Hall–Kier alpha value is -4.52. The summed E-state index contributed by atoms with van der Waals surface area (Å²) in [5, 5.41) is 5.44. The van der Waals surface area contributed by atoms with Crippen LogP contribution in [0.1, 0.15) is 57.6 Å². The number of sulfonamides is 2. The Kier molecular flexibility index (Phi) is 12.4. The van der Waals surface area contributed by atoms with E-state index in [0.29, 0.717) is 23.3 Å². The predicted octanol–water partition coefficient (Wildman–Crippen LogP) is 6.30. The molecule has 1 atom stereocenters. The first-order valence-electron chi connectivity index (χ1n) is 16.4. The Bertz CT molecular complexity index is 2600. The van der Waals surface area contributed by atoms with Gasteiger partial charge in [0.1, 0.15) is 34.2 Å². The number of pyridine rings is 1. The maximum Gasteiger partial charge on any atom is 0.408 e. The van der Waals surface area contributed by atoms with E-state index in [0.717, 1.165) is 24.5 Å². The molecule has 0 saturated carbocycles. The van der Waals surface area contributed by atoms with Gasteiger partial charge in [-0.15, -0.1) is 3.71 Å². The van der Waals surface area contributed by atoms with Crippen LogP contribution >= 0.6 is 11.6 Å². The van der Waals surface area contributed by atoms with Gasteiger partial charge in [-0.25, -0.2) is 43.8 Å². The van der Waals surface area contributed by atoms with Gasteiger partial charge < -0.3 is 10.1 Å². The molecule has 0 aliphatic rings. The average Bonchev–Trinajstić information content (AvgIpc) is 3.33. The van der Waals surface area contributed by atoms with Crippen molar-refractivity contribution in [3.8, 4) is 23.0 Å². The van der Waals surface area contributed by atoms with E-state index in [1.807, 2.05) is 0 Å². The third kappa shape index (κ3) is 11.1. The molecule has 4 rings (SSSR count). The number of hydrogen-bond acceptors (Lipinski definition) is 10. The number of alkyl carbamates (subject to hydrolysis) is 1. The van der Waals surface area contributed by atoms with E-state index in [-0.39, 0.29) is 31.8 Å². The average molecular weight is 882 g/mol. The van der Waals surface area contributed by atoms with Crippen molar-refractivity contribution in [3.05, 3.63) is 76.1 Å². The van der Waals surface area contributed by atoms with Crippen LogP contribution in [0.4, 0.5) is 32.6 Å². The molecule has 0 fully saturated rings. The molecule has 2 aromatic carbocycles. The SMILES string of the molecule is CC(C)(C)OC(=O)N[C@@H](Cc1cc(F)cc(F)c1)c1nc(C#CC(C)(C)S(C)(=O)=O)ccc1-c1ccc(Cl)c2c(N(S(C)(=O)=O)S(C)(=O)=O)nn(CC(F)(F)F)c12. The van der Waals surface area contributed by atoms with E-state index in [9.17, 15) is 52.0 Å². The van der Waals surface area contributed by atoms with Crippen molar-refractivity contribution in [2.45, 2.75) is 70.2 Å². The molecule has 310 valence electrons. The fourth-order valence-electron chi connectivity index (χ4n) is 5.43. The first-order valence-corrected chi connectivity index (χ1v) is 22.4. The number of amides is 1. The number of hydrogen-bond donors (Lipinski definition) is 1. The van der Waals surface area contributed by atoms with E-state index in [1.165, 1.54) is 32.0 Å². The van der Waals surface area contributed by atoms with Crippen molar-refractivity contribution >= 4 is 64.3 Å². The van der Waals surface area contributed by atoms with Crippen molar-refractivity contribution in [3.63, 3.8) is 0 Å². The number of anilines is 1. The van der Waals surface area contributed by atoms with Crippen molar-refractivity contribution in [1.82, 2.24) is 20.1 Å². The maximum absolute atomic E-state index is 14.5. The lowest BCUT2D eigenvalue weighted by Gasteiger charge is -2.25. The maximum atomic E-state index is 14.5. The summed E-state index contributed by atoms with van der Waals surface area (Å²) in [6, 6.07) is 5.98. The number of carbonyl (C=O) groups is 1. The Morgan fingerprint density at radius 3 is 1.98 bits per heavy atom. The van der Waals surface area contributed by atoms with Crippen LogP contribution in [0.25, 0.3) is 22.0 Å². The second kappa shape index (κ2) is 15.7. The van der Waals surface area contributed by atoms with Gasteiger partial charge in [-0.1, -0.05) is 23.6 Å². The molecular formula is C35H37ClF5N5O8S3. The highest BCUT2D eigenvalue weighted by Gasteiger charge is 2.37. The highest BCUT2D eigenvalue weighted by atomic mass is 35.5. The monoisotopic (exact) mass is 881 g/mol. The summed E-state index contributed by atoms with van der Waals surface area (Å²) >= 11 is 6.49. The molecule has 1 amide bonds. The number of aromatic nitrogens is 3. The van der Waals surface area contributed by atoms with Crippen LogP contribution in [0.2, 0.25) is 5.02 Å². The number of alkyl halides is 3. The number of fused-ring (bicyclic) bond motifs is 1. The third-order valence-electron chi connectivity index (χ3n) is 7.95. The summed E-state index contributed by atoms with van der Waals surface area (Å²) in [4.78, 5) is 17.9. The van der Waals surface area contributed by atoms with Crippen LogP contribution in [0.5, 0.6) is 0 Å². The van der Waals surface area contributed by atoms with Gasteiger partial charge in [0.15, 0.2) is 15.7 Å². The fourth-order valence-corrected chi connectivity index (χ4v) is 8.75.